The Balaban J connectivity index is 1.69. The molecule has 0 aliphatic rings. The zero-order chi connectivity index (χ0) is 18.4. The third kappa shape index (κ3) is 6.09. The number of aromatic nitrogens is 1. The lowest BCUT2D eigenvalue weighted by molar-refractivity contribution is 0.240. The van der Waals surface area contributed by atoms with Crippen molar-refractivity contribution >= 4 is 17.6 Å². The van der Waals surface area contributed by atoms with E-state index in [-0.39, 0.29) is 11.4 Å². The van der Waals surface area contributed by atoms with Crippen molar-refractivity contribution in [3.05, 3.63) is 52.2 Å². The first kappa shape index (κ1) is 19.3. The van der Waals surface area contributed by atoms with Crippen molar-refractivity contribution in [1.82, 2.24) is 15.6 Å². The lowest BCUT2D eigenvalue weighted by Crippen LogP contribution is -2.35. The highest BCUT2D eigenvalue weighted by Crippen LogP contribution is 2.24. The minimum atomic E-state index is -0.181. The number of carbonyl (C=O) groups is 1. The molecule has 2 aromatic rings. The molecular weight excluding hydrogens is 338 g/mol. The van der Waals surface area contributed by atoms with Crippen LogP contribution in [-0.4, -0.2) is 17.6 Å². The van der Waals surface area contributed by atoms with Crippen molar-refractivity contribution < 1.29 is 9.21 Å². The van der Waals surface area contributed by atoms with Gasteiger partial charge in [-0.3, -0.25) is 0 Å². The molecule has 0 aliphatic carbocycles. The standard InChI is InChI=1S/C19H26ClN3O2/c1-13-16(25-17(23-13)19(2,3)4)6-5-11-21-18(24)22-12-14-7-9-15(20)10-8-14/h7-10H,5-6,11-12H2,1-4H3,(H2,21,22,24). The molecular formula is C19H26ClN3O2. The van der Waals surface area contributed by atoms with E-state index in [2.05, 4.69) is 36.4 Å². The molecule has 2 rings (SSSR count). The van der Waals surface area contributed by atoms with Gasteiger partial charge in [0.15, 0.2) is 5.89 Å². The summed E-state index contributed by atoms with van der Waals surface area (Å²) in [6.45, 7) is 9.24. The molecule has 136 valence electrons. The Bertz CT molecular complexity index is 702. The minimum Gasteiger partial charge on any atom is -0.445 e. The molecule has 0 aliphatic heterocycles. The van der Waals surface area contributed by atoms with E-state index in [1.54, 1.807) is 0 Å². The van der Waals surface area contributed by atoms with Crippen molar-refractivity contribution in [1.29, 1.82) is 0 Å². The van der Waals surface area contributed by atoms with E-state index in [9.17, 15) is 4.79 Å². The Morgan fingerprint density at radius 3 is 2.48 bits per heavy atom. The summed E-state index contributed by atoms with van der Waals surface area (Å²) in [7, 11) is 0. The number of nitrogens with one attached hydrogen (secondary N) is 2. The van der Waals surface area contributed by atoms with Gasteiger partial charge in [-0.15, -0.1) is 0 Å². The summed E-state index contributed by atoms with van der Waals surface area (Å²) in [4.78, 5) is 16.3. The lowest BCUT2D eigenvalue weighted by atomic mass is 9.97. The normalized spacial score (nSPS) is 11.4. The van der Waals surface area contributed by atoms with Crippen molar-refractivity contribution in [2.75, 3.05) is 6.54 Å². The van der Waals surface area contributed by atoms with Gasteiger partial charge in [-0.05, 0) is 31.0 Å². The molecule has 1 aromatic carbocycles. The van der Waals surface area contributed by atoms with Crippen molar-refractivity contribution in [2.45, 2.75) is 52.5 Å². The van der Waals surface area contributed by atoms with Gasteiger partial charge in [0.05, 0.1) is 5.69 Å². The number of aryl methyl sites for hydroxylation is 2. The quantitative estimate of drug-likeness (QED) is 0.749. The lowest BCUT2D eigenvalue weighted by Gasteiger charge is -2.12. The van der Waals surface area contributed by atoms with Gasteiger partial charge in [0, 0.05) is 29.9 Å². The predicted molar refractivity (Wildman–Crippen MR) is 100.0 cm³/mol. The fourth-order valence-corrected chi connectivity index (χ4v) is 2.40. The van der Waals surface area contributed by atoms with Crippen molar-refractivity contribution in [2.24, 2.45) is 0 Å². The second kappa shape index (κ2) is 8.39. The van der Waals surface area contributed by atoms with Crippen LogP contribution in [0.3, 0.4) is 0 Å². The number of nitrogens with zero attached hydrogens (tertiary/aromatic N) is 1. The maximum atomic E-state index is 11.8. The van der Waals surface area contributed by atoms with E-state index in [4.69, 9.17) is 16.0 Å². The highest BCUT2D eigenvalue weighted by Gasteiger charge is 2.21. The molecule has 0 unspecified atom stereocenters. The summed E-state index contributed by atoms with van der Waals surface area (Å²) in [6.07, 6.45) is 1.56. The number of amides is 2. The Labute approximate surface area is 154 Å². The van der Waals surface area contributed by atoms with E-state index >= 15 is 0 Å². The number of carbonyl (C=O) groups excluding carboxylic acids is 1. The predicted octanol–water partition coefficient (Wildman–Crippen LogP) is 4.37. The number of halogens is 1. The molecule has 6 heteroatoms. The van der Waals surface area contributed by atoms with Gasteiger partial charge < -0.3 is 15.1 Å². The van der Waals surface area contributed by atoms with Crippen LogP contribution in [0.5, 0.6) is 0 Å². The molecule has 0 bridgehead atoms. The maximum absolute atomic E-state index is 11.8. The molecule has 1 aromatic heterocycles. The monoisotopic (exact) mass is 363 g/mol. The first-order valence-electron chi connectivity index (χ1n) is 8.48. The van der Waals surface area contributed by atoms with Crippen LogP contribution in [0.15, 0.2) is 28.7 Å². The van der Waals surface area contributed by atoms with Gasteiger partial charge in [-0.1, -0.05) is 44.5 Å². The highest BCUT2D eigenvalue weighted by molar-refractivity contribution is 6.30. The summed E-state index contributed by atoms with van der Waals surface area (Å²) in [6, 6.07) is 7.22. The molecule has 0 atom stereocenters. The van der Waals surface area contributed by atoms with Gasteiger partial charge in [-0.2, -0.15) is 0 Å². The second-order valence-electron chi connectivity index (χ2n) is 7.12. The van der Waals surface area contributed by atoms with Gasteiger partial charge in [0.2, 0.25) is 0 Å². The summed E-state index contributed by atoms with van der Waals surface area (Å²) in [5, 5.41) is 6.36. The number of hydrogen-bond acceptors (Lipinski definition) is 3. The van der Waals surface area contributed by atoms with Gasteiger partial charge in [0.1, 0.15) is 5.76 Å². The smallest absolute Gasteiger partial charge is 0.315 e. The van der Waals surface area contributed by atoms with Gasteiger partial charge in [0.25, 0.3) is 0 Å². The number of urea groups is 1. The minimum absolute atomic E-state index is 0.0944. The van der Waals surface area contributed by atoms with E-state index in [1.807, 2.05) is 31.2 Å². The van der Waals surface area contributed by atoms with E-state index in [0.717, 1.165) is 35.7 Å². The fourth-order valence-electron chi connectivity index (χ4n) is 2.28. The van der Waals surface area contributed by atoms with Crippen LogP contribution in [0.2, 0.25) is 5.02 Å². The largest absolute Gasteiger partial charge is 0.445 e. The molecule has 0 saturated carbocycles. The third-order valence-corrected chi connectivity index (χ3v) is 4.02. The number of benzene rings is 1. The fraction of sp³-hybridized carbons (Fsp3) is 0.474. The van der Waals surface area contributed by atoms with E-state index in [0.29, 0.717) is 18.1 Å². The molecule has 0 fully saturated rings. The van der Waals surface area contributed by atoms with Crippen LogP contribution in [0.4, 0.5) is 4.79 Å². The molecule has 25 heavy (non-hydrogen) atoms. The molecule has 5 nitrogen and oxygen atoms in total. The summed E-state index contributed by atoms with van der Waals surface area (Å²) >= 11 is 5.84. The van der Waals surface area contributed by atoms with Crippen LogP contribution in [0.25, 0.3) is 0 Å². The molecule has 2 N–H and O–H groups in total. The second-order valence-corrected chi connectivity index (χ2v) is 7.55. The zero-order valence-electron chi connectivity index (χ0n) is 15.3. The topological polar surface area (TPSA) is 67.2 Å². The maximum Gasteiger partial charge on any atom is 0.315 e. The molecule has 1 heterocycles. The number of rotatable bonds is 6. The highest BCUT2D eigenvalue weighted by atomic mass is 35.5. The Morgan fingerprint density at radius 1 is 1.20 bits per heavy atom. The summed E-state index contributed by atoms with van der Waals surface area (Å²) in [5.74, 6) is 1.65. The Morgan fingerprint density at radius 2 is 1.88 bits per heavy atom. The summed E-state index contributed by atoms with van der Waals surface area (Å²) in [5.41, 5.74) is 1.84. The van der Waals surface area contributed by atoms with Crippen LogP contribution in [0.1, 0.15) is 50.1 Å². The van der Waals surface area contributed by atoms with Crippen LogP contribution in [0, 0.1) is 6.92 Å². The van der Waals surface area contributed by atoms with Gasteiger partial charge in [-0.25, -0.2) is 9.78 Å². The average molecular weight is 364 g/mol. The average Bonchev–Trinajstić information content (AvgIpc) is 2.92. The number of oxazole rings is 1. The van der Waals surface area contributed by atoms with Crippen molar-refractivity contribution in [3.63, 3.8) is 0 Å². The SMILES string of the molecule is Cc1nc(C(C)(C)C)oc1CCCNC(=O)NCc1ccc(Cl)cc1. The van der Waals surface area contributed by atoms with Crippen LogP contribution >= 0.6 is 11.6 Å². The first-order chi connectivity index (χ1) is 11.8. The number of hydrogen-bond donors (Lipinski definition) is 2. The first-order valence-corrected chi connectivity index (χ1v) is 8.86. The summed E-state index contributed by atoms with van der Waals surface area (Å²) < 4.78 is 5.85. The Hall–Kier alpha value is -2.01. The van der Waals surface area contributed by atoms with E-state index < -0.39 is 0 Å². The third-order valence-electron chi connectivity index (χ3n) is 3.77. The zero-order valence-corrected chi connectivity index (χ0v) is 16.0. The van der Waals surface area contributed by atoms with Crippen LogP contribution < -0.4 is 10.6 Å². The van der Waals surface area contributed by atoms with Crippen LogP contribution in [-0.2, 0) is 18.4 Å². The van der Waals surface area contributed by atoms with Gasteiger partial charge >= 0.3 is 6.03 Å². The molecule has 0 saturated heterocycles. The molecule has 2 amide bonds. The molecule has 0 spiro atoms. The Kier molecular flexibility index (Phi) is 6.48. The van der Waals surface area contributed by atoms with E-state index in [1.165, 1.54) is 0 Å². The van der Waals surface area contributed by atoms with Crippen molar-refractivity contribution in [3.8, 4) is 0 Å². The molecule has 0 radical (unpaired) electrons.